The van der Waals surface area contributed by atoms with Crippen LogP contribution in [0.5, 0.6) is 5.75 Å². The van der Waals surface area contributed by atoms with Crippen LogP contribution in [0.4, 0.5) is 0 Å². The van der Waals surface area contributed by atoms with Crippen molar-refractivity contribution in [2.75, 3.05) is 20.3 Å². The van der Waals surface area contributed by atoms with E-state index >= 15 is 0 Å². The quantitative estimate of drug-likeness (QED) is 0.676. The summed E-state index contributed by atoms with van der Waals surface area (Å²) < 4.78 is 10.4. The Balaban J connectivity index is 1.74. The Morgan fingerprint density at radius 1 is 1.19 bits per heavy atom. The molecule has 0 heterocycles. The molecule has 26 heavy (non-hydrogen) atoms. The van der Waals surface area contributed by atoms with E-state index in [4.69, 9.17) is 4.74 Å². The number of carbonyl (C=O) groups excluding carboxylic acids is 1. The highest BCUT2D eigenvalue weighted by Crippen LogP contribution is 2.15. The summed E-state index contributed by atoms with van der Waals surface area (Å²) in [6.07, 6.45) is -0.291. The van der Waals surface area contributed by atoms with Crippen molar-refractivity contribution in [3.05, 3.63) is 65.2 Å². The average molecular weight is 357 g/mol. The molecule has 2 aromatic rings. The number of aryl methyl sites for hydroxylation is 1. The molecule has 2 aromatic carbocycles. The van der Waals surface area contributed by atoms with E-state index in [1.807, 2.05) is 62.4 Å². The number of benzene rings is 2. The van der Waals surface area contributed by atoms with Crippen molar-refractivity contribution in [3.8, 4) is 5.75 Å². The molecule has 0 bridgehead atoms. The Kier molecular flexibility index (Phi) is 7.63. The molecule has 0 amide bonds. The smallest absolute Gasteiger partial charge is 0.309 e. The molecule has 0 radical (unpaired) electrons. The second kappa shape index (κ2) is 9.94. The van der Waals surface area contributed by atoms with Gasteiger partial charge in [0.2, 0.25) is 0 Å². The lowest BCUT2D eigenvalue weighted by Gasteiger charge is -2.18. The molecule has 0 saturated heterocycles. The SMILES string of the molecule is COC(=O)Cc1ccc(OCC(C)NCC(O)c2cccc(C)c2)cc1. The first kappa shape index (κ1) is 19.9. The highest BCUT2D eigenvalue weighted by Gasteiger charge is 2.10. The van der Waals surface area contributed by atoms with E-state index in [0.717, 1.165) is 22.4 Å². The highest BCUT2D eigenvalue weighted by molar-refractivity contribution is 5.72. The number of hydrogen-bond donors (Lipinski definition) is 2. The molecule has 2 rings (SSSR count). The molecular weight excluding hydrogens is 330 g/mol. The number of aliphatic hydroxyl groups is 1. The molecule has 0 aliphatic rings. The van der Waals surface area contributed by atoms with E-state index in [9.17, 15) is 9.90 Å². The molecule has 0 aliphatic heterocycles. The predicted octanol–water partition coefficient (Wildman–Crippen LogP) is 2.80. The first-order valence-electron chi connectivity index (χ1n) is 8.74. The Morgan fingerprint density at radius 3 is 2.58 bits per heavy atom. The maximum atomic E-state index is 11.2. The van der Waals surface area contributed by atoms with Gasteiger partial charge >= 0.3 is 5.97 Å². The van der Waals surface area contributed by atoms with Gasteiger partial charge in [-0.15, -0.1) is 0 Å². The van der Waals surface area contributed by atoms with E-state index in [1.54, 1.807) is 0 Å². The van der Waals surface area contributed by atoms with Crippen LogP contribution >= 0.6 is 0 Å². The van der Waals surface area contributed by atoms with Gasteiger partial charge in [-0.05, 0) is 37.1 Å². The van der Waals surface area contributed by atoms with Gasteiger partial charge < -0.3 is 19.9 Å². The van der Waals surface area contributed by atoms with Gasteiger partial charge in [0.15, 0.2) is 0 Å². The fourth-order valence-electron chi connectivity index (χ4n) is 2.53. The third kappa shape index (κ3) is 6.50. The standard InChI is InChI=1S/C21H27NO4/c1-15-5-4-6-18(11-15)20(23)13-22-16(2)14-26-19-9-7-17(8-10-19)12-21(24)25-3/h4-11,16,20,22-23H,12-14H2,1-3H3. The van der Waals surface area contributed by atoms with Crippen molar-refractivity contribution in [1.29, 1.82) is 0 Å². The first-order chi connectivity index (χ1) is 12.5. The maximum Gasteiger partial charge on any atom is 0.309 e. The zero-order valence-corrected chi connectivity index (χ0v) is 15.6. The number of hydrogen-bond acceptors (Lipinski definition) is 5. The van der Waals surface area contributed by atoms with Gasteiger partial charge in [-0.3, -0.25) is 4.79 Å². The number of esters is 1. The Labute approximate surface area is 155 Å². The lowest BCUT2D eigenvalue weighted by Crippen LogP contribution is -2.34. The van der Waals surface area contributed by atoms with Gasteiger partial charge in [0.05, 0.1) is 19.6 Å². The maximum absolute atomic E-state index is 11.2. The Morgan fingerprint density at radius 2 is 1.92 bits per heavy atom. The van der Waals surface area contributed by atoms with Gasteiger partial charge in [0.25, 0.3) is 0 Å². The highest BCUT2D eigenvalue weighted by atomic mass is 16.5. The normalized spacial score (nSPS) is 13.1. The van der Waals surface area contributed by atoms with Crippen LogP contribution in [0.1, 0.15) is 29.7 Å². The van der Waals surface area contributed by atoms with Crippen molar-refractivity contribution in [2.24, 2.45) is 0 Å². The summed E-state index contributed by atoms with van der Waals surface area (Å²) in [6.45, 7) is 4.97. The van der Waals surface area contributed by atoms with E-state index in [2.05, 4.69) is 10.1 Å². The Hall–Kier alpha value is -2.37. The molecule has 5 nitrogen and oxygen atoms in total. The summed E-state index contributed by atoms with van der Waals surface area (Å²) in [5, 5.41) is 13.5. The number of ether oxygens (including phenoxy) is 2. The lowest BCUT2D eigenvalue weighted by molar-refractivity contribution is -0.139. The van der Waals surface area contributed by atoms with Crippen LogP contribution in [-0.2, 0) is 16.0 Å². The van der Waals surface area contributed by atoms with Gasteiger partial charge in [0.1, 0.15) is 12.4 Å². The number of nitrogens with one attached hydrogen (secondary N) is 1. The minimum absolute atomic E-state index is 0.0872. The Bertz CT molecular complexity index is 699. The molecule has 0 saturated carbocycles. The number of rotatable bonds is 9. The van der Waals surface area contributed by atoms with Crippen molar-refractivity contribution in [1.82, 2.24) is 5.32 Å². The predicted molar refractivity (Wildman–Crippen MR) is 101 cm³/mol. The third-order valence-corrected chi connectivity index (χ3v) is 4.09. The van der Waals surface area contributed by atoms with Crippen LogP contribution in [0.3, 0.4) is 0 Å². The fourth-order valence-corrected chi connectivity index (χ4v) is 2.53. The first-order valence-corrected chi connectivity index (χ1v) is 8.74. The summed E-state index contributed by atoms with van der Waals surface area (Å²) in [4.78, 5) is 11.2. The van der Waals surface area contributed by atoms with Crippen molar-refractivity contribution in [3.63, 3.8) is 0 Å². The molecule has 5 heteroatoms. The molecule has 0 fully saturated rings. The average Bonchev–Trinajstić information content (AvgIpc) is 2.65. The molecular formula is C21H27NO4. The molecule has 0 aliphatic carbocycles. The molecule has 2 N–H and O–H groups in total. The van der Waals surface area contributed by atoms with Crippen LogP contribution in [-0.4, -0.2) is 37.4 Å². The van der Waals surface area contributed by atoms with E-state index in [-0.39, 0.29) is 18.4 Å². The van der Waals surface area contributed by atoms with E-state index in [0.29, 0.717) is 13.2 Å². The van der Waals surface area contributed by atoms with Gasteiger partial charge in [-0.25, -0.2) is 0 Å². The summed E-state index contributed by atoms with van der Waals surface area (Å²) in [7, 11) is 1.38. The summed E-state index contributed by atoms with van der Waals surface area (Å²) >= 11 is 0. The van der Waals surface area contributed by atoms with Gasteiger partial charge in [-0.1, -0.05) is 42.0 Å². The van der Waals surface area contributed by atoms with Crippen LogP contribution in [0.25, 0.3) is 0 Å². The number of methoxy groups -OCH3 is 1. The second-order valence-corrected chi connectivity index (χ2v) is 6.45. The molecule has 0 aromatic heterocycles. The lowest BCUT2D eigenvalue weighted by atomic mass is 10.1. The van der Waals surface area contributed by atoms with Crippen LogP contribution in [0.2, 0.25) is 0 Å². The number of carbonyl (C=O) groups is 1. The summed E-state index contributed by atoms with van der Waals surface area (Å²) in [5.41, 5.74) is 2.93. The summed E-state index contributed by atoms with van der Waals surface area (Å²) in [5.74, 6) is 0.482. The third-order valence-electron chi connectivity index (χ3n) is 4.09. The zero-order chi connectivity index (χ0) is 18.9. The van der Waals surface area contributed by atoms with Gasteiger partial charge in [-0.2, -0.15) is 0 Å². The minimum Gasteiger partial charge on any atom is -0.492 e. The van der Waals surface area contributed by atoms with E-state index in [1.165, 1.54) is 7.11 Å². The molecule has 2 unspecified atom stereocenters. The monoisotopic (exact) mass is 357 g/mol. The van der Waals surface area contributed by atoms with Crippen molar-refractivity contribution in [2.45, 2.75) is 32.4 Å². The topological polar surface area (TPSA) is 67.8 Å². The van der Waals surface area contributed by atoms with Crippen molar-refractivity contribution >= 4 is 5.97 Å². The minimum atomic E-state index is -0.546. The van der Waals surface area contributed by atoms with Crippen LogP contribution < -0.4 is 10.1 Å². The summed E-state index contributed by atoms with van der Waals surface area (Å²) in [6, 6.07) is 15.3. The largest absolute Gasteiger partial charge is 0.492 e. The van der Waals surface area contributed by atoms with E-state index < -0.39 is 6.10 Å². The van der Waals surface area contributed by atoms with Crippen LogP contribution in [0, 0.1) is 6.92 Å². The van der Waals surface area contributed by atoms with Crippen molar-refractivity contribution < 1.29 is 19.4 Å². The molecule has 2 atom stereocenters. The number of aliphatic hydroxyl groups excluding tert-OH is 1. The molecule has 0 spiro atoms. The second-order valence-electron chi connectivity index (χ2n) is 6.45. The van der Waals surface area contributed by atoms with Gasteiger partial charge in [0, 0.05) is 12.6 Å². The van der Waals surface area contributed by atoms with Crippen LogP contribution in [0.15, 0.2) is 48.5 Å². The zero-order valence-electron chi connectivity index (χ0n) is 15.6. The fraction of sp³-hybridized carbons (Fsp3) is 0.381. The molecule has 140 valence electrons.